The minimum absolute atomic E-state index is 0.129. The van der Waals surface area contributed by atoms with E-state index >= 15 is 0 Å². The average Bonchev–Trinajstić information content (AvgIpc) is 3.01. The molecule has 0 aliphatic heterocycles. The zero-order valence-corrected chi connectivity index (χ0v) is 13.2. The molecule has 3 aromatic rings. The molecule has 4 nitrogen and oxygen atoms in total. The molecule has 0 radical (unpaired) electrons. The Kier molecular flexibility index (Phi) is 4.44. The molecule has 0 bridgehead atoms. The van der Waals surface area contributed by atoms with E-state index in [1.165, 1.54) is 18.4 Å². The molecule has 0 saturated carbocycles. The second-order valence-corrected chi connectivity index (χ2v) is 5.75. The molecule has 5 heteroatoms. The van der Waals surface area contributed by atoms with Crippen molar-refractivity contribution < 1.29 is 4.79 Å². The van der Waals surface area contributed by atoms with E-state index in [1.807, 2.05) is 18.2 Å². The number of anilines is 1. The number of hydrogen-bond acceptors (Lipinski definition) is 4. The molecule has 22 heavy (non-hydrogen) atoms. The zero-order valence-electron chi connectivity index (χ0n) is 12.4. The Labute approximate surface area is 133 Å². The van der Waals surface area contributed by atoms with Crippen LogP contribution in [0.5, 0.6) is 0 Å². The van der Waals surface area contributed by atoms with Crippen LogP contribution in [0.3, 0.4) is 0 Å². The molecule has 3 rings (SSSR count). The summed E-state index contributed by atoms with van der Waals surface area (Å²) in [6.45, 7) is 2.18. The van der Waals surface area contributed by atoms with E-state index in [0.717, 1.165) is 34.9 Å². The van der Waals surface area contributed by atoms with Crippen molar-refractivity contribution in [3.63, 3.8) is 0 Å². The molecule has 0 aliphatic rings. The van der Waals surface area contributed by atoms with Gasteiger partial charge in [-0.2, -0.15) is 8.75 Å². The van der Waals surface area contributed by atoms with Crippen molar-refractivity contribution in [2.75, 3.05) is 5.32 Å². The number of nitrogens with one attached hydrogen (secondary N) is 1. The van der Waals surface area contributed by atoms with Crippen LogP contribution in [0.15, 0.2) is 42.5 Å². The number of aromatic nitrogens is 2. The van der Waals surface area contributed by atoms with Gasteiger partial charge in [0.05, 0.1) is 11.7 Å². The Bertz CT molecular complexity index is 780. The molecule has 112 valence electrons. The SMILES string of the molecule is CCCCc1ccc(NC(=O)c2ccc3nsnc3c2)cc1. The molecule has 1 heterocycles. The van der Waals surface area contributed by atoms with E-state index in [4.69, 9.17) is 0 Å². The Morgan fingerprint density at radius 3 is 2.64 bits per heavy atom. The van der Waals surface area contributed by atoms with Crippen LogP contribution in [-0.4, -0.2) is 14.7 Å². The lowest BCUT2D eigenvalue weighted by Gasteiger charge is -2.06. The van der Waals surface area contributed by atoms with Gasteiger partial charge in [-0.3, -0.25) is 4.79 Å². The lowest BCUT2D eigenvalue weighted by molar-refractivity contribution is 0.102. The first-order valence-corrected chi connectivity index (χ1v) is 8.12. The molecule has 0 unspecified atom stereocenters. The number of carbonyl (C=O) groups is 1. The summed E-state index contributed by atoms with van der Waals surface area (Å²) < 4.78 is 8.30. The van der Waals surface area contributed by atoms with E-state index in [0.29, 0.717) is 5.56 Å². The van der Waals surface area contributed by atoms with Crippen molar-refractivity contribution in [3.8, 4) is 0 Å². The predicted molar refractivity (Wildman–Crippen MR) is 90.4 cm³/mol. The number of hydrogen-bond donors (Lipinski definition) is 1. The van der Waals surface area contributed by atoms with Gasteiger partial charge in [-0.15, -0.1) is 0 Å². The fraction of sp³-hybridized carbons (Fsp3) is 0.235. The highest BCUT2D eigenvalue weighted by atomic mass is 32.1. The monoisotopic (exact) mass is 311 g/mol. The molecule has 2 aromatic carbocycles. The topological polar surface area (TPSA) is 54.9 Å². The van der Waals surface area contributed by atoms with E-state index in [1.54, 1.807) is 12.1 Å². The van der Waals surface area contributed by atoms with Gasteiger partial charge in [0.1, 0.15) is 11.0 Å². The summed E-state index contributed by atoms with van der Waals surface area (Å²) in [5, 5.41) is 2.91. The third-order valence-electron chi connectivity index (χ3n) is 3.55. The Balaban J connectivity index is 1.70. The normalized spacial score (nSPS) is 10.8. The molecule has 0 aliphatic carbocycles. The Hall–Kier alpha value is -2.27. The van der Waals surface area contributed by atoms with Crippen LogP contribution in [0.25, 0.3) is 11.0 Å². The van der Waals surface area contributed by atoms with Gasteiger partial charge < -0.3 is 5.32 Å². The van der Waals surface area contributed by atoms with E-state index < -0.39 is 0 Å². The maximum Gasteiger partial charge on any atom is 0.255 e. The first-order chi connectivity index (χ1) is 10.8. The van der Waals surface area contributed by atoms with Crippen molar-refractivity contribution in [2.45, 2.75) is 26.2 Å². The van der Waals surface area contributed by atoms with Gasteiger partial charge in [-0.25, -0.2) is 0 Å². The second kappa shape index (κ2) is 6.66. The molecule has 1 amide bonds. The van der Waals surface area contributed by atoms with Gasteiger partial charge in [0.15, 0.2) is 0 Å². The predicted octanol–water partition coefficient (Wildman–Crippen LogP) is 4.29. The van der Waals surface area contributed by atoms with Crippen LogP contribution in [0, 0.1) is 0 Å². The summed E-state index contributed by atoms with van der Waals surface area (Å²) in [4.78, 5) is 12.3. The van der Waals surface area contributed by atoms with Crippen molar-refractivity contribution in [2.24, 2.45) is 0 Å². The number of amides is 1. The number of unbranched alkanes of at least 4 members (excludes halogenated alkanes) is 1. The standard InChI is InChI=1S/C17H17N3OS/c1-2-3-4-12-5-8-14(9-6-12)18-17(21)13-7-10-15-16(11-13)20-22-19-15/h5-11H,2-4H2,1H3,(H,18,21). The van der Waals surface area contributed by atoms with Gasteiger partial charge in [0.25, 0.3) is 5.91 Å². The zero-order chi connectivity index (χ0) is 15.4. The van der Waals surface area contributed by atoms with Crippen LogP contribution in [0.1, 0.15) is 35.7 Å². The van der Waals surface area contributed by atoms with E-state index in [9.17, 15) is 4.79 Å². The highest BCUT2D eigenvalue weighted by Crippen LogP contribution is 2.16. The minimum Gasteiger partial charge on any atom is -0.322 e. The van der Waals surface area contributed by atoms with Gasteiger partial charge >= 0.3 is 0 Å². The van der Waals surface area contributed by atoms with E-state index in [2.05, 4.69) is 33.1 Å². The second-order valence-electron chi connectivity index (χ2n) is 5.22. The number of benzene rings is 2. The summed E-state index contributed by atoms with van der Waals surface area (Å²) in [5.74, 6) is -0.129. The van der Waals surface area contributed by atoms with Crippen molar-refractivity contribution in [3.05, 3.63) is 53.6 Å². The molecule has 0 atom stereocenters. The van der Waals surface area contributed by atoms with Crippen molar-refractivity contribution in [1.29, 1.82) is 0 Å². The van der Waals surface area contributed by atoms with Gasteiger partial charge in [0, 0.05) is 11.3 Å². The summed E-state index contributed by atoms with van der Waals surface area (Å²) in [5.41, 5.74) is 4.28. The molecular weight excluding hydrogens is 294 g/mol. The highest BCUT2D eigenvalue weighted by molar-refractivity contribution is 7.00. The van der Waals surface area contributed by atoms with Crippen molar-refractivity contribution in [1.82, 2.24) is 8.75 Å². The maximum absolute atomic E-state index is 12.3. The van der Waals surface area contributed by atoms with Crippen molar-refractivity contribution >= 4 is 34.4 Å². The molecule has 0 fully saturated rings. The number of carbonyl (C=O) groups excluding carboxylic acids is 1. The first-order valence-electron chi connectivity index (χ1n) is 7.39. The molecule has 0 saturated heterocycles. The third-order valence-corrected chi connectivity index (χ3v) is 4.10. The number of nitrogens with zero attached hydrogens (tertiary/aromatic N) is 2. The lowest BCUT2D eigenvalue weighted by atomic mass is 10.1. The van der Waals surface area contributed by atoms with Crippen LogP contribution >= 0.6 is 11.7 Å². The van der Waals surface area contributed by atoms with Gasteiger partial charge in [0.2, 0.25) is 0 Å². The summed E-state index contributed by atoms with van der Waals surface area (Å²) >= 11 is 1.15. The lowest BCUT2D eigenvalue weighted by Crippen LogP contribution is -2.11. The van der Waals surface area contributed by atoms with Gasteiger partial charge in [-0.05, 0) is 48.7 Å². The maximum atomic E-state index is 12.3. The summed E-state index contributed by atoms with van der Waals surface area (Å²) in [6, 6.07) is 13.4. The minimum atomic E-state index is -0.129. The molecule has 1 aromatic heterocycles. The van der Waals surface area contributed by atoms with Crippen LogP contribution < -0.4 is 5.32 Å². The summed E-state index contributed by atoms with van der Waals surface area (Å²) in [6.07, 6.45) is 3.46. The first kappa shape index (κ1) is 14.7. The third kappa shape index (κ3) is 3.31. The smallest absolute Gasteiger partial charge is 0.255 e. The average molecular weight is 311 g/mol. The van der Waals surface area contributed by atoms with Crippen LogP contribution in [0.2, 0.25) is 0 Å². The fourth-order valence-electron chi connectivity index (χ4n) is 2.26. The van der Waals surface area contributed by atoms with Crippen LogP contribution in [-0.2, 0) is 6.42 Å². The van der Waals surface area contributed by atoms with Crippen LogP contribution in [0.4, 0.5) is 5.69 Å². The number of aryl methyl sites for hydroxylation is 1. The largest absolute Gasteiger partial charge is 0.322 e. The summed E-state index contributed by atoms with van der Waals surface area (Å²) in [7, 11) is 0. The van der Waals surface area contributed by atoms with E-state index in [-0.39, 0.29) is 5.91 Å². The number of fused-ring (bicyclic) bond motifs is 1. The Morgan fingerprint density at radius 1 is 1.09 bits per heavy atom. The quantitative estimate of drug-likeness (QED) is 0.765. The Morgan fingerprint density at radius 2 is 1.86 bits per heavy atom. The van der Waals surface area contributed by atoms with Gasteiger partial charge in [-0.1, -0.05) is 25.5 Å². The fourth-order valence-corrected chi connectivity index (χ4v) is 2.78. The molecule has 0 spiro atoms. The number of rotatable bonds is 5. The highest BCUT2D eigenvalue weighted by Gasteiger charge is 2.08. The molecule has 1 N–H and O–H groups in total. The molecular formula is C17H17N3OS.